The van der Waals surface area contributed by atoms with E-state index in [0.29, 0.717) is 12.0 Å². The zero-order chi connectivity index (χ0) is 29.4. The second-order valence-corrected chi connectivity index (χ2v) is 11.0. The minimum atomic E-state index is -4.64. The molecule has 1 saturated heterocycles. The van der Waals surface area contributed by atoms with E-state index in [1.165, 1.54) is 30.2 Å². The lowest BCUT2D eigenvalue weighted by Crippen LogP contribution is -2.64. The number of carboxylic acids is 1. The molecule has 0 unspecified atom stereocenters. The molecule has 0 radical (unpaired) electrons. The standard InChI is InChI=1S/C18H21NO3.C9H8O4.H3O4P/c1-19-8-7-18-11-4-5-13(20)17(18)22-16-14(21-2)6-3-10(15(16)18)9-12(11)19;1-6(10)13-8-5-3-2-4-7(8)9(11)12;1-5(2,3)4/h3-6,11-13,17,20H,7-9H2,1-2H3;2-5H,1H3,(H,11,12);(H3,1,2,3,4)/t11-,12+,13-,17-,18-;;/m0../s1. The SMILES string of the molecule is CC(=O)Oc1ccccc1C(=O)O.COc1ccc2c3c1O[C@H]1[C@@H](O)C=C[C@H]4[C@@H](C2)N(C)CC[C@@]341.O=P(O)(O)O. The lowest BCUT2D eigenvalue weighted by molar-refractivity contribution is -0.131. The van der Waals surface area contributed by atoms with Crippen LogP contribution in [0.2, 0.25) is 0 Å². The molecule has 1 fully saturated rings. The van der Waals surface area contributed by atoms with E-state index < -0.39 is 25.9 Å². The zero-order valence-electron chi connectivity index (χ0n) is 22.1. The van der Waals surface area contributed by atoms with E-state index in [1.807, 2.05) is 12.1 Å². The number of methoxy groups -OCH3 is 1. The summed E-state index contributed by atoms with van der Waals surface area (Å²) < 4.78 is 25.4. The average molecular weight is 578 g/mol. The Bertz CT molecular complexity index is 1360. The Hall–Kier alpha value is -3.25. The van der Waals surface area contributed by atoms with Gasteiger partial charge in [-0.05, 0) is 50.2 Å². The Morgan fingerprint density at radius 3 is 2.40 bits per heavy atom. The number of benzene rings is 2. The summed E-state index contributed by atoms with van der Waals surface area (Å²) in [5.41, 5.74) is 2.59. The number of aliphatic hydroxyl groups is 1. The number of aromatic carboxylic acids is 1. The van der Waals surface area contributed by atoms with Gasteiger partial charge in [0, 0.05) is 29.9 Å². The van der Waals surface area contributed by atoms with Crippen LogP contribution in [0.15, 0.2) is 48.6 Å². The average Bonchev–Trinajstić information content (AvgIpc) is 3.22. The van der Waals surface area contributed by atoms with E-state index in [1.54, 1.807) is 19.2 Å². The van der Waals surface area contributed by atoms with Crippen molar-refractivity contribution in [2.45, 2.75) is 43.4 Å². The Kier molecular flexibility index (Phi) is 8.41. The first-order valence-electron chi connectivity index (χ1n) is 12.5. The highest BCUT2D eigenvalue weighted by Gasteiger charge is 2.64. The molecule has 2 aromatic carbocycles. The molecule has 2 aromatic rings. The van der Waals surface area contributed by atoms with Gasteiger partial charge in [-0.15, -0.1) is 0 Å². The number of carbonyl (C=O) groups is 2. The van der Waals surface area contributed by atoms with E-state index >= 15 is 0 Å². The smallest absolute Gasteiger partial charge is 0.466 e. The number of para-hydroxylation sites is 1. The Labute approximate surface area is 230 Å². The molecule has 0 aromatic heterocycles. The lowest BCUT2D eigenvalue weighted by atomic mass is 9.53. The predicted molar refractivity (Wildman–Crippen MR) is 141 cm³/mol. The summed E-state index contributed by atoms with van der Waals surface area (Å²) in [6, 6.07) is 10.7. The van der Waals surface area contributed by atoms with Crippen molar-refractivity contribution in [3.8, 4) is 17.2 Å². The van der Waals surface area contributed by atoms with Crippen LogP contribution in [-0.2, 0) is 21.2 Å². The summed E-state index contributed by atoms with van der Waals surface area (Å²) in [7, 11) is -0.732. The molecule has 2 heterocycles. The summed E-state index contributed by atoms with van der Waals surface area (Å²) in [5, 5.41) is 19.2. The van der Waals surface area contributed by atoms with Gasteiger partial charge in [-0.2, -0.15) is 0 Å². The third kappa shape index (κ3) is 5.64. The molecule has 216 valence electrons. The maximum Gasteiger partial charge on any atom is 0.466 e. The van der Waals surface area contributed by atoms with Crippen molar-refractivity contribution in [1.29, 1.82) is 0 Å². The van der Waals surface area contributed by atoms with Gasteiger partial charge >= 0.3 is 19.8 Å². The Morgan fingerprint density at radius 1 is 1.10 bits per heavy atom. The highest BCUT2D eigenvalue weighted by atomic mass is 31.2. The number of ether oxygens (including phenoxy) is 3. The number of piperidine rings is 1. The number of nitrogens with zero attached hydrogens (tertiary/aromatic N) is 1. The molecule has 2 bridgehead atoms. The fourth-order valence-corrected chi connectivity index (χ4v) is 6.28. The van der Waals surface area contributed by atoms with Crippen LogP contribution in [0.4, 0.5) is 0 Å². The van der Waals surface area contributed by atoms with Gasteiger partial charge < -0.3 is 44.0 Å². The molecule has 5 atom stereocenters. The van der Waals surface area contributed by atoms with Crippen molar-refractivity contribution < 1.29 is 53.3 Å². The van der Waals surface area contributed by atoms with Gasteiger partial charge in [0.15, 0.2) is 11.5 Å². The quantitative estimate of drug-likeness (QED) is 0.155. The van der Waals surface area contributed by atoms with Gasteiger partial charge in [-0.1, -0.05) is 30.4 Å². The van der Waals surface area contributed by atoms with Crippen molar-refractivity contribution >= 4 is 19.8 Å². The highest BCUT2D eigenvalue weighted by Crippen LogP contribution is 2.62. The van der Waals surface area contributed by atoms with Gasteiger partial charge in [-0.25, -0.2) is 9.36 Å². The van der Waals surface area contributed by atoms with Crippen LogP contribution < -0.4 is 14.2 Å². The van der Waals surface area contributed by atoms with Gasteiger partial charge in [0.05, 0.1) is 7.11 Å². The summed E-state index contributed by atoms with van der Waals surface area (Å²) in [4.78, 5) is 45.2. The molecule has 0 amide bonds. The predicted octanol–water partition coefficient (Wildman–Crippen LogP) is 1.88. The van der Waals surface area contributed by atoms with Crippen molar-refractivity contribution in [1.82, 2.24) is 4.90 Å². The van der Waals surface area contributed by atoms with E-state index in [4.69, 9.17) is 33.8 Å². The van der Waals surface area contributed by atoms with Crippen LogP contribution >= 0.6 is 7.82 Å². The van der Waals surface area contributed by atoms with Crippen LogP contribution in [0.3, 0.4) is 0 Å². The number of carbonyl (C=O) groups excluding carboxylic acids is 1. The van der Waals surface area contributed by atoms with Crippen molar-refractivity contribution in [3.63, 3.8) is 0 Å². The maximum atomic E-state index is 10.6. The number of hydrogen-bond acceptors (Lipinski definition) is 8. The van der Waals surface area contributed by atoms with Gasteiger partial charge in [0.1, 0.15) is 23.5 Å². The molecule has 12 nitrogen and oxygen atoms in total. The minimum absolute atomic E-state index is 0.0160. The van der Waals surface area contributed by atoms with Crippen LogP contribution in [0.1, 0.15) is 34.8 Å². The van der Waals surface area contributed by atoms with Crippen LogP contribution in [0.25, 0.3) is 0 Å². The zero-order valence-corrected chi connectivity index (χ0v) is 23.0. The van der Waals surface area contributed by atoms with Crippen molar-refractivity contribution in [2.75, 3.05) is 20.7 Å². The summed E-state index contributed by atoms with van der Waals surface area (Å²) in [6.45, 7) is 2.27. The monoisotopic (exact) mass is 577 g/mol. The maximum absolute atomic E-state index is 10.6. The van der Waals surface area contributed by atoms with Crippen LogP contribution in [0.5, 0.6) is 17.2 Å². The lowest BCUT2D eigenvalue weighted by Gasteiger charge is -2.56. The van der Waals surface area contributed by atoms with Crippen LogP contribution in [-0.4, -0.2) is 80.7 Å². The van der Waals surface area contributed by atoms with Gasteiger partial charge in [-0.3, -0.25) is 4.79 Å². The number of likely N-dealkylation sites (tertiary alicyclic amines) is 1. The Balaban J connectivity index is 0.000000175. The first-order valence-corrected chi connectivity index (χ1v) is 14.1. The van der Waals surface area contributed by atoms with Crippen molar-refractivity contribution in [2.24, 2.45) is 5.92 Å². The number of esters is 1. The molecule has 1 spiro atoms. The fourth-order valence-electron chi connectivity index (χ4n) is 6.28. The number of aliphatic hydroxyl groups excluding tert-OH is 1. The molecule has 0 saturated carbocycles. The van der Waals surface area contributed by atoms with E-state index in [2.05, 4.69) is 28.8 Å². The van der Waals surface area contributed by atoms with Crippen LogP contribution in [0, 0.1) is 5.92 Å². The fraction of sp³-hybridized carbons (Fsp3) is 0.407. The number of rotatable bonds is 3. The van der Waals surface area contributed by atoms with E-state index in [-0.39, 0.29) is 22.8 Å². The molecule has 2 aliphatic heterocycles. The van der Waals surface area contributed by atoms with Gasteiger partial charge in [0.2, 0.25) is 0 Å². The molecule has 4 aliphatic rings. The third-order valence-corrected chi connectivity index (χ3v) is 7.73. The van der Waals surface area contributed by atoms with Gasteiger partial charge in [0.25, 0.3) is 0 Å². The second-order valence-electron chi connectivity index (χ2n) is 10.0. The van der Waals surface area contributed by atoms with Crippen molar-refractivity contribution in [3.05, 3.63) is 65.2 Å². The molecule has 2 aliphatic carbocycles. The second kappa shape index (κ2) is 11.3. The molecular weight excluding hydrogens is 545 g/mol. The number of phosphoric acid groups is 1. The summed E-state index contributed by atoms with van der Waals surface area (Å²) in [6.07, 6.45) is 5.54. The largest absolute Gasteiger partial charge is 0.493 e. The molecule has 6 rings (SSSR count). The van der Waals surface area contributed by atoms with E-state index in [9.17, 15) is 14.7 Å². The first kappa shape index (κ1) is 29.7. The topological polar surface area (TPSA) is 183 Å². The van der Waals surface area contributed by atoms with E-state index in [0.717, 1.165) is 30.9 Å². The molecular formula is C27H32NO11P. The number of hydrogen-bond donors (Lipinski definition) is 5. The molecule has 13 heteroatoms. The summed E-state index contributed by atoms with van der Waals surface area (Å²) >= 11 is 0. The Morgan fingerprint density at radius 2 is 1.77 bits per heavy atom. The molecule has 5 N–H and O–H groups in total. The third-order valence-electron chi connectivity index (χ3n) is 7.73. The highest BCUT2D eigenvalue weighted by molar-refractivity contribution is 7.45. The summed E-state index contributed by atoms with van der Waals surface area (Å²) in [5.74, 6) is 0.514. The first-order chi connectivity index (χ1) is 18.8. The normalized spacial score (nSPS) is 27.1. The number of carboxylic acid groups (broad SMARTS) is 1. The molecule has 40 heavy (non-hydrogen) atoms. The minimum Gasteiger partial charge on any atom is -0.493 e. The number of likely N-dealkylation sites (N-methyl/N-ethyl adjacent to an activating group) is 1.